The van der Waals surface area contributed by atoms with E-state index in [1.807, 2.05) is 19.1 Å². The number of benzene rings is 1. The van der Waals surface area contributed by atoms with Gasteiger partial charge in [0.15, 0.2) is 0 Å². The van der Waals surface area contributed by atoms with Crippen LogP contribution in [0.2, 0.25) is 0 Å². The van der Waals surface area contributed by atoms with Crippen LogP contribution < -0.4 is 0 Å². The van der Waals surface area contributed by atoms with Gasteiger partial charge in [0.1, 0.15) is 0 Å². The Morgan fingerprint density at radius 3 is 2.27 bits per heavy atom. The molecular formula is C13H17NO. The molecule has 0 amide bonds. The van der Waals surface area contributed by atoms with E-state index in [9.17, 15) is 4.79 Å². The lowest BCUT2D eigenvalue weighted by atomic mass is 10.0. The van der Waals surface area contributed by atoms with Gasteiger partial charge in [-0.25, -0.2) is 4.79 Å². The molecule has 80 valence electrons. The summed E-state index contributed by atoms with van der Waals surface area (Å²) in [6.45, 7) is 6.29. The van der Waals surface area contributed by atoms with Crippen molar-refractivity contribution in [2.24, 2.45) is 10.9 Å². The lowest BCUT2D eigenvalue weighted by Crippen LogP contribution is -1.95. The van der Waals surface area contributed by atoms with E-state index >= 15 is 0 Å². The van der Waals surface area contributed by atoms with Gasteiger partial charge in [-0.2, -0.15) is 4.99 Å². The number of carbonyl (C=O) groups excluding carboxylic acids is 1. The highest BCUT2D eigenvalue weighted by atomic mass is 16.1. The molecule has 1 atom stereocenters. The van der Waals surface area contributed by atoms with Crippen molar-refractivity contribution in [2.75, 3.05) is 0 Å². The van der Waals surface area contributed by atoms with E-state index in [-0.39, 0.29) is 6.04 Å². The van der Waals surface area contributed by atoms with Crippen LogP contribution in [0.1, 0.15) is 37.9 Å². The zero-order valence-corrected chi connectivity index (χ0v) is 9.53. The minimum Gasteiger partial charge on any atom is -0.211 e. The molecule has 0 N–H and O–H groups in total. The molecule has 0 saturated carbocycles. The SMILES string of the molecule is CC(C)Cc1ccc(C(C)N=C=O)cc1. The second kappa shape index (κ2) is 5.47. The molecule has 2 nitrogen and oxygen atoms in total. The van der Waals surface area contributed by atoms with Crippen molar-refractivity contribution in [3.63, 3.8) is 0 Å². The number of aliphatic imine (C=N–C) groups is 1. The first kappa shape index (κ1) is 11.7. The first-order valence-electron chi connectivity index (χ1n) is 5.29. The van der Waals surface area contributed by atoms with Gasteiger partial charge in [0.05, 0.1) is 6.04 Å². The number of hydrogen-bond donors (Lipinski definition) is 0. The first-order valence-corrected chi connectivity index (χ1v) is 5.29. The molecule has 15 heavy (non-hydrogen) atoms. The van der Waals surface area contributed by atoms with Crippen LogP contribution in [-0.4, -0.2) is 6.08 Å². The molecule has 0 heterocycles. The highest BCUT2D eigenvalue weighted by molar-refractivity contribution is 5.35. The van der Waals surface area contributed by atoms with Crippen LogP contribution in [0, 0.1) is 5.92 Å². The maximum absolute atomic E-state index is 10.1. The Morgan fingerprint density at radius 2 is 1.80 bits per heavy atom. The minimum absolute atomic E-state index is 0.0874. The third-order valence-electron chi connectivity index (χ3n) is 2.35. The van der Waals surface area contributed by atoms with Gasteiger partial charge in [-0.15, -0.1) is 0 Å². The zero-order valence-electron chi connectivity index (χ0n) is 9.53. The van der Waals surface area contributed by atoms with Crippen molar-refractivity contribution in [2.45, 2.75) is 33.2 Å². The number of hydrogen-bond acceptors (Lipinski definition) is 2. The van der Waals surface area contributed by atoms with Gasteiger partial charge in [0.25, 0.3) is 0 Å². The molecule has 2 heteroatoms. The molecule has 1 aromatic rings. The van der Waals surface area contributed by atoms with Crippen molar-refractivity contribution < 1.29 is 4.79 Å². The van der Waals surface area contributed by atoms with Gasteiger partial charge < -0.3 is 0 Å². The van der Waals surface area contributed by atoms with Gasteiger partial charge in [-0.1, -0.05) is 38.1 Å². The molecular weight excluding hydrogens is 186 g/mol. The minimum atomic E-state index is -0.0874. The molecule has 1 rings (SSSR count). The van der Waals surface area contributed by atoms with Crippen LogP contribution in [0.5, 0.6) is 0 Å². The molecule has 1 unspecified atom stereocenters. The Labute approximate surface area is 91.0 Å². The second-order valence-corrected chi connectivity index (χ2v) is 4.24. The van der Waals surface area contributed by atoms with Crippen LogP contribution in [0.4, 0.5) is 0 Å². The fourth-order valence-corrected chi connectivity index (χ4v) is 1.56. The fraction of sp³-hybridized carbons (Fsp3) is 0.462. The lowest BCUT2D eigenvalue weighted by Gasteiger charge is -2.07. The van der Waals surface area contributed by atoms with Crippen molar-refractivity contribution in [1.82, 2.24) is 0 Å². The molecule has 0 radical (unpaired) electrons. The van der Waals surface area contributed by atoms with Gasteiger partial charge in [0.2, 0.25) is 6.08 Å². The van der Waals surface area contributed by atoms with Crippen molar-refractivity contribution >= 4 is 6.08 Å². The predicted molar refractivity (Wildman–Crippen MR) is 61.5 cm³/mol. The topological polar surface area (TPSA) is 29.4 Å². The Balaban J connectivity index is 2.75. The highest BCUT2D eigenvalue weighted by Crippen LogP contribution is 2.17. The normalized spacial score (nSPS) is 12.3. The summed E-state index contributed by atoms with van der Waals surface area (Å²) < 4.78 is 0. The summed E-state index contributed by atoms with van der Waals surface area (Å²) in [5.41, 5.74) is 2.39. The average Bonchev–Trinajstić information content (AvgIpc) is 2.18. The Morgan fingerprint density at radius 1 is 1.20 bits per heavy atom. The van der Waals surface area contributed by atoms with Crippen molar-refractivity contribution in [1.29, 1.82) is 0 Å². The molecule has 0 fully saturated rings. The predicted octanol–water partition coefficient (Wildman–Crippen LogP) is 3.28. The molecule has 0 aromatic heterocycles. The molecule has 0 saturated heterocycles. The third kappa shape index (κ3) is 3.69. The standard InChI is InChI=1S/C13H17NO/c1-10(2)8-12-4-6-13(7-5-12)11(3)14-9-15/h4-7,10-11H,8H2,1-3H3. The van der Waals surface area contributed by atoms with E-state index in [0.29, 0.717) is 5.92 Å². The van der Waals surface area contributed by atoms with E-state index in [2.05, 4.69) is 31.0 Å². The van der Waals surface area contributed by atoms with E-state index in [0.717, 1.165) is 12.0 Å². The Bertz CT molecular complexity index is 347. The monoisotopic (exact) mass is 203 g/mol. The smallest absolute Gasteiger partial charge is 0.211 e. The summed E-state index contributed by atoms with van der Waals surface area (Å²) in [6.07, 6.45) is 2.68. The quantitative estimate of drug-likeness (QED) is 0.545. The number of rotatable bonds is 4. The molecule has 0 aliphatic carbocycles. The molecule has 0 aliphatic rings. The molecule has 0 aliphatic heterocycles. The van der Waals surface area contributed by atoms with E-state index in [1.54, 1.807) is 6.08 Å². The first-order chi connectivity index (χ1) is 7.13. The maximum atomic E-state index is 10.1. The largest absolute Gasteiger partial charge is 0.235 e. The average molecular weight is 203 g/mol. The van der Waals surface area contributed by atoms with E-state index < -0.39 is 0 Å². The second-order valence-electron chi connectivity index (χ2n) is 4.24. The fourth-order valence-electron chi connectivity index (χ4n) is 1.56. The van der Waals surface area contributed by atoms with E-state index in [1.165, 1.54) is 5.56 Å². The van der Waals surface area contributed by atoms with Crippen LogP contribution in [0.3, 0.4) is 0 Å². The third-order valence-corrected chi connectivity index (χ3v) is 2.35. The van der Waals surface area contributed by atoms with Gasteiger partial charge >= 0.3 is 0 Å². The van der Waals surface area contributed by atoms with Gasteiger partial charge in [0, 0.05) is 0 Å². The summed E-state index contributed by atoms with van der Waals surface area (Å²) in [7, 11) is 0. The van der Waals surface area contributed by atoms with Gasteiger partial charge in [-0.3, -0.25) is 0 Å². The molecule has 0 spiro atoms. The zero-order chi connectivity index (χ0) is 11.3. The Kier molecular flexibility index (Phi) is 4.26. The summed E-state index contributed by atoms with van der Waals surface area (Å²) in [5.74, 6) is 0.668. The van der Waals surface area contributed by atoms with Gasteiger partial charge in [-0.05, 0) is 30.4 Å². The lowest BCUT2D eigenvalue weighted by molar-refractivity contribution is 0.559. The summed E-state index contributed by atoms with van der Waals surface area (Å²) in [5, 5.41) is 0. The van der Waals surface area contributed by atoms with Crippen LogP contribution in [0.15, 0.2) is 29.3 Å². The van der Waals surface area contributed by atoms with Crippen LogP contribution >= 0.6 is 0 Å². The highest BCUT2D eigenvalue weighted by Gasteiger charge is 2.03. The molecule has 1 aromatic carbocycles. The maximum Gasteiger partial charge on any atom is 0.235 e. The summed E-state index contributed by atoms with van der Waals surface area (Å²) >= 11 is 0. The van der Waals surface area contributed by atoms with Crippen LogP contribution in [0.25, 0.3) is 0 Å². The van der Waals surface area contributed by atoms with E-state index in [4.69, 9.17) is 0 Å². The molecule has 0 bridgehead atoms. The Hall–Kier alpha value is -1.40. The van der Waals surface area contributed by atoms with Crippen molar-refractivity contribution in [3.8, 4) is 0 Å². The van der Waals surface area contributed by atoms with Crippen LogP contribution in [-0.2, 0) is 11.2 Å². The summed E-state index contributed by atoms with van der Waals surface area (Å²) in [4.78, 5) is 13.8. The number of isocyanates is 1. The van der Waals surface area contributed by atoms with Crippen molar-refractivity contribution in [3.05, 3.63) is 35.4 Å². The number of nitrogens with zero attached hydrogens (tertiary/aromatic N) is 1. The summed E-state index contributed by atoms with van der Waals surface area (Å²) in [6, 6.07) is 8.18.